The van der Waals surface area contributed by atoms with Gasteiger partial charge in [0.25, 0.3) is 0 Å². The van der Waals surface area contributed by atoms with E-state index in [0.717, 1.165) is 37.1 Å². The fourth-order valence-electron chi connectivity index (χ4n) is 2.68. The molecule has 1 aliphatic heterocycles. The first-order valence-corrected chi connectivity index (χ1v) is 8.04. The number of pyridine rings is 1. The molecule has 5 heteroatoms. The summed E-state index contributed by atoms with van der Waals surface area (Å²) in [7, 11) is 0. The number of anilines is 1. The van der Waals surface area contributed by atoms with E-state index in [4.69, 9.17) is 12.2 Å². The zero-order valence-electron chi connectivity index (χ0n) is 12.7. The third kappa shape index (κ3) is 3.43. The standard InChI is InChI=1S/C17H20N4S/c1-2-14-5-7-16(8-6-14)21-13-20(12-19-17(21)22)11-15-4-3-9-18-10-15/h3-10H,2,11-13H2,1H3,(H,19,22)/p+1. The van der Waals surface area contributed by atoms with Crippen molar-refractivity contribution >= 4 is 23.0 Å². The Morgan fingerprint density at radius 2 is 2.05 bits per heavy atom. The second-order valence-electron chi connectivity index (χ2n) is 5.55. The quantitative estimate of drug-likeness (QED) is 0.835. The van der Waals surface area contributed by atoms with Crippen LogP contribution in [-0.4, -0.2) is 23.4 Å². The molecule has 2 N–H and O–H groups in total. The van der Waals surface area contributed by atoms with Crippen LogP contribution < -0.4 is 15.1 Å². The highest BCUT2D eigenvalue weighted by Gasteiger charge is 2.24. The SMILES string of the molecule is CCc1ccc(N2C[NH+](Cc3cccnc3)CNC2=S)cc1. The molecule has 3 rings (SSSR count). The van der Waals surface area contributed by atoms with Gasteiger partial charge < -0.3 is 5.32 Å². The highest BCUT2D eigenvalue weighted by atomic mass is 32.1. The summed E-state index contributed by atoms with van der Waals surface area (Å²) in [6.07, 6.45) is 4.80. The van der Waals surface area contributed by atoms with E-state index in [9.17, 15) is 0 Å². The Hall–Kier alpha value is -1.98. The minimum absolute atomic E-state index is 0.805. The zero-order valence-corrected chi connectivity index (χ0v) is 13.6. The lowest BCUT2D eigenvalue weighted by molar-refractivity contribution is -0.916. The van der Waals surface area contributed by atoms with E-state index in [1.165, 1.54) is 16.0 Å². The molecule has 1 aliphatic rings. The van der Waals surface area contributed by atoms with Crippen molar-refractivity contribution in [2.75, 3.05) is 18.2 Å². The molecule has 22 heavy (non-hydrogen) atoms. The van der Waals surface area contributed by atoms with Gasteiger partial charge in [-0.3, -0.25) is 14.8 Å². The average molecular weight is 313 g/mol. The number of nitrogens with zero attached hydrogens (tertiary/aromatic N) is 2. The Kier molecular flexibility index (Phi) is 4.65. The van der Waals surface area contributed by atoms with E-state index in [2.05, 4.69) is 52.5 Å². The molecule has 0 amide bonds. The second-order valence-corrected chi connectivity index (χ2v) is 5.94. The molecular weight excluding hydrogens is 292 g/mol. The Morgan fingerprint density at radius 1 is 1.23 bits per heavy atom. The molecule has 1 saturated heterocycles. The fraction of sp³-hybridized carbons (Fsp3) is 0.294. The van der Waals surface area contributed by atoms with Crippen LogP contribution in [-0.2, 0) is 13.0 Å². The van der Waals surface area contributed by atoms with Crippen LogP contribution in [0.3, 0.4) is 0 Å². The normalized spacial score (nSPS) is 18.1. The molecule has 0 aliphatic carbocycles. The van der Waals surface area contributed by atoms with Crippen LogP contribution >= 0.6 is 12.2 Å². The van der Waals surface area contributed by atoms with Crippen molar-refractivity contribution in [3.63, 3.8) is 0 Å². The van der Waals surface area contributed by atoms with E-state index >= 15 is 0 Å². The molecule has 0 saturated carbocycles. The third-order valence-corrected chi connectivity index (χ3v) is 4.31. The zero-order chi connectivity index (χ0) is 15.4. The number of aromatic nitrogens is 1. The maximum Gasteiger partial charge on any atom is 0.182 e. The summed E-state index contributed by atoms with van der Waals surface area (Å²) in [4.78, 5) is 7.78. The van der Waals surface area contributed by atoms with E-state index in [1.807, 2.05) is 18.5 Å². The monoisotopic (exact) mass is 313 g/mol. The number of rotatable bonds is 4. The Labute approximate surface area is 136 Å². The van der Waals surface area contributed by atoms with Gasteiger partial charge in [-0.05, 0) is 42.4 Å². The van der Waals surface area contributed by atoms with Crippen LogP contribution in [0.15, 0.2) is 48.8 Å². The van der Waals surface area contributed by atoms with Gasteiger partial charge >= 0.3 is 0 Å². The molecule has 0 radical (unpaired) electrons. The first-order chi connectivity index (χ1) is 10.8. The van der Waals surface area contributed by atoms with Gasteiger partial charge in [-0.15, -0.1) is 0 Å². The first-order valence-electron chi connectivity index (χ1n) is 7.63. The fourth-order valence-corrected chi connectivity index (χ4v) is 2.92. The van der Waals surface area contributed by atoms with Crippen LogP contribution in [0.4, 0.5) is 5.69 Å². The molecule has 1 fully saturated rings. The number of thiocarbonyl (C=S) groups is 1. The predicted molar refractivity (Wildman–Crippen MR) is 92.7 cm³/mol. The van der Waals surface area contributed by atoms with Crippen molar-refractivity contribution < 1.29 is 4.90 Å². The summed E-state index contributed by atoms with van der Waals surface area (Å²) in [5.74, 6) is 0. The van der Waals surface area contributed by atoms with Crippen LogP contribution in [0, 0.1) is 0 Å². The molecule has 2 aromatic rings. The van der Waals surface area contributed by atoms with Crippen LogP contribution in [0.25, 0.3) is 0 Å². The number of nitrogens with one attached hydrogen (secondary N) is 2. The molecule has 4 nitrogen and oxygen atoms in total. The summed E-state index contributed by atoms with van der Waals surface area (Å²) >= 11 is 5.48. The van der Waals surface area contributed by atoms with Crippen LogP contribution in [0.2, 0.25) is 0 Å². The molecule has 1 aromatic heterocycles. The van der Waals surface area contributed by atoms with Gasteiger partial charge in [-0.2, -0.15) is 0 Å². The van der Waals surface area contributed by atoms with Gasteiger partial charge in [0, 0.05) is 23.6 Å². The smallest absolute Gasteiger partial charge is 0.182 e. The lowest BCUT2D eigenvalue weighted by Gasteiger charge is -2.35. The number of hydrogen-bond acceptors (Lipinski definition) is 2. The van der Waals surface area contributed by atoms with Crippen molar-refractivity contribution in [2.24, 2.45) is 0 Å². The summed E-state index contributed by atoms with van der Waals surface area (Å²) < 4.78 is 0. The Morgan fingerprint density at radius 3 is 2.73 bits per heavy atom. The molecule has 1 atom stereocenters. The average Bonchev–Trinajstić information content (AvgIpc) is 2.58. The van der Waals surface area contributed by atoms with Gasteiger partial charge in [-0.25, -0.2) is 0 Å². The molecule has 2 heterocycles. The highest BCUT2D eigenvalue weighted by molar-refractivity contribution is 7.80. The van der Waals surface area contributed by atoms with Gasteiger partial charge in [-0.1, -0.05) is 25.1 Å². The van der Waals surface area contributed by atoms with Gasteiger partial charge in [0.15, 0.2) is 18.4 Å². The number of benzene rings is 1. The molecular formula is C17H21N4S+. The minimum atomic E-state index is 0.805. The molecule has 0 bridgehead atoms. The number of hydrogen-bond donors (Lipinski definition) is 2. The van der Waals surface area contributed by atoms with Crippen LogP contribution in [0.5, 0.6) is 0 Å². The first kappa shape index (κ1) is 14.9. The van der Waals surface area contributed by atoms with Crippen molar-refractivity contribution in [3.05, 3.63) is 59.9 Å². The van der Waals surface area contributed by atoms with E-state index in [0.29, 0.717) is 0 Å². The Bertz CT molecular complexity index is 627. The molecule has 114 valence electrons. The van der Waals surface area contributed by atoms with E-state index < -0.39 is 0 Å². The van der Waals surface area contributed by atoms with Crippen molar-refractivity contribution in [1.82, 2.24) is 10.3 Å². The molecule has 0 spiro atoms. The second kappa shape index (κ2) is 6.85. The molecule has 1 aromatic carbocycles. The van der Waals surface area contributed by atoms with E-state index in [-0.39, 0.29) is 0 Å². The summed E-state index contributed by atoms with van der Waals surface area (Å²) in [5.41, 5.74) is 3.74. The number of aryl methyl sites for hydroxylation is 1. The maximum absolute atomic E-state index is 5.48. The topological polar surface area (TPSA) is 32.6 Å². The third-order valence-electron chi connectivity index (χ3n) is 3.95. The maximum atomic E-state index is 5.48. The number of quaternary nitrogens is 1. The minimum Gasteiger partial charge on any atom is -0.315 e. The highest BCUT2D eigenvalue weighted by Crippen LogP contribution is 2.15. The van der Waals surface area contributed by atoms with Crippen LogP contribution in [0.1, 0.15) is 18.1 Å². The van der Waals surface area contributed by atoms with Gasteiger partial charge in [0.05, 0.1) is 0 Å². The largest absolute Gasteiger partial charge is 0.315 e. The van der Waals surface area contributed by atoms with Crippen molar-refractivity contribution in [2.45, 2.75) is 19.9 Å². The molecule has 1 unspecified atom stereocenters. The van der Waals surface area contributed by atoms with Gasteiger partial charge in [0.2, 0.25) is 0 Å². The summed E-state index contributed by atoms with van der Waals surface area (Å²) in [6.45, 7) is 4.82. The lowest BCUT2D eigenvalue weighted by atomic mass is 10.1. The van der Waals surface area contributed by atoms with Gasteiger partial charge in [0.1, 0.15) is 6.54 Å². The summed E-state index contributed by atoms with van der Waals surface area (Å²) in [6, 6.07) is 12.8. The van der Waals surface area contributed by atoms with E-state index in [1.54, 1.807) is 0 Å². The Balaban J connectivity index is 1.71. The lowest BCUT2D eigenvalue weighted by Crippen LogP contribution is -3.16. The summed E-state index contributed by atoms with van der Waals surface area (Å²) in [5, 5.41) is 4.13. The predicted octanol–water partition coefficient (Wildman–Crippen LogP) is 1.34. The van der Waals surface area contributed by atoms with Crippen molar-refractivity contribution in [3.8, 4) is 0 Å². The van der Waals surface area contributed by atoms with Crippen molar-refractivity contribution in [1.29, 1.82) is 0 Å².